The fraction of sp³-hybridized carbons (Fsp3) is 0.600. The van der Waals surface area contributed by atoms with Crippen molar-refractivity contribution in [3.8, 4) is 0 Å². The quantitative estimate of drug-likeness (QED) is 0.867. The van der Waals surface area contributed by atoms with Crippen LogP contribution in [0, 0.1) is 0 Å². The molecule has 1 unspecified atom stereocenters. The molecule has 0 aliphatic rings. The molecule has 80 valence electrons. The molecule has 0 spiro atoms. The van der Waals surface area contributed by atoms with E-state index in [1.807, 2.05) is 19.2 Å². The predicted molar refractivity (Wildman–Crippen MR) is 64.9 cm³/mol. The summed E-state index contributed by atoms with van der Waals surface area (Å²) in [6, 6.07) is 2.06. The molecule has 1 rings (SSSR count). The number of hydrogen-bond acceptors (Lipinski definition) is 3. The van der Waals surface area contributed by atoms with Crippen molar-refractivity contribution < 1.29 is 5.11 Å². The normalized spacial score (nSPS) is 15.4. The molecule has 2 nitrogen and oxygen atoms in total. The molecule has 1 aromatic rings. The fourth-order valence-electron chi connectivity index (χ4n) is 1.28. The molecule has 4 heteroatoms. The van der Waals surface area contributed by atoms with E-state index in [2.05, 4.69) is 27.3 Å². The van der Waals surface area contributed by atoms with Gasteiger partial charge in [-0.2, -0.15) is 0 Å². The summed E-state index contributed by atoms with van der Waals surface area (Å²) in [7, 11) is 0. The topological polar surface area (TPSA) is 32.3 Å². The third kappa shape index (κ3) is 4.09. The molecular formula is C10H16BrNOS. The van der Waals surface area contributed by atoms with E-state index in [4.69, 9.17) is 0 Å². The minimum Gasteiger partial charge on any atom is -0.388 e. The molecule has 14 heavy (non-hydrogen) atoms. The highest BCUT2D eigenvalue weighted by molar-refractivity contribution is 9.10. The van der Waals surface area contributed by atoms with E-state index < -0.39 is 5.60 Å². The molecule has 1 atom stereocenters. The van der Waals surface area contributed by atoms with Crippen molar-refractivity contribution in [2.75, 3.05) is 13.1 Å². The van der Waals surface area contributed by atoms with Gasteiger partial charge in [-0.3, -0.25) is 0 Å². The maximum Gasteiger partial charge on any atom is 0.0791 e. The highest BCUT2D eigenvalue weighted by atomic mass is 79.9. The Hall–Kier alpha value is 0.1000. The summed E-state index contributed by atoms with van der Waals surface area (Å²) < 4.78 is 1.09. The van der Waals surface area contributed by atoms with E-state index in [-0.39, 0.29) is 0 Å². The monoisotopic (exact) mass is 277 g/mol. The van der Waals surface area contributed by atoms with Crippen LogP contribution < -0.4 is 5.32 Å². The summed E-state index contributed by atoms with van der Waals surface area (Å²) in [6.07, 6.45) is 0.705. The zero-order valence-corrected chi connectivity index (χ0v) is 10.9. The van der Waals surface area contributed by atoms with Crippen LogP contribution in [0.15, 0.2) is 15.9 Å². The molecule has 0 fully saturated rings. The van der Waals surface area contributed by atoms with Gasteiger partial charge in [0.1, 0.15) is 0 Å². The molecule has 0 aliphatic heterocycles. The van der Waals surface area contributed by atoms with Crippen LogP contribution in [0.5, 0.6) is 0 Å². The van der Waals surface area contributed by atoms with E-state index in [9.17, 15) is 5.11 Å². The maximum atomic E-state index is 10.0. The van der Waals surface area contributed by atoms with Gasteiger partial charge < -0.3 is 10.4 Å². The predicted octanol–water partition coefficient (Wildman–Crippen LogP) is 2.41. The summed E-state index contributed by atoms with van der Waals surface area (Å²) in [5, 5.41) is 15.2. The summed E-state index contributed by atoms with van der Waals surface area (Å²) in [5.41, 5.74) is -0.652. The standard InChI is InChI=1S/C10H16BrNOS/c1-3-12-7-10(2,13)5-9-4-8(11)6-14-9/h4,6,12-13H,3,5,7H2,1-2H3. The van der Waals surface area contributed by atoms with Crippen molar-refractivity contribution in [1.29, 1.82) is 0 Å². The molecule has 2 N–H and O–H groups in total. The number of hydrogen-bond donors (Lipinski definition) is 2. The Morgan fingerprint density at radius 3 is 2.86 bits per heavy atom. The van der Waals surface area contributed by atoms with Gasteiger partial charge in [0.2, 0.25) is 0 Å². The van der Waals surface area contributed by atoms with Gasteiger partial charge in [0.15, 0.2) is 0 Å². The third-order valence-electron chi connectivity index (χ3n) is 1.93. The van der Waals surface area contributed by atoms with Gasteiger partial charge in [-0.15, -0.1) is 11.3 Å². The summed E-state index contributed by atoms with van der Waals surface area (Å²) in [4.78, 5) is 1.21. The van der Waals surface area contributed by atoms with Crippen LogP contribution in [0.3, 0.4) is 0 Å². The molecule has 0 aromatic carbocycles. The zero-order chi connectivity index (χ0) is 10.6. The van der Waals surface area contributed by atoms with Gasteiger partial charge in [0, 0.05) is 27.7 Å². The largest absolute Gasteiger partial charge is 0.388 e. The van der Waals surface area contributed by atoms with E-state index in [1.54, 1.807) is 11.3 Å². The van der Waals surface area contributed by atoms with E-state index in [1.165, 1.54) is 4.88 Å². The first kappa shape index (κ1) is 12.2. The van der Waals surface area contributed by atoms with Crippen molar-refractivity contribution >= 4 is 27.3 Å². The van der Waals surface area contributed by atoms with E-state index >= 15 is 0 Å². The highest BCUT2D eigenvalue weighted by Crippen LogP contribution is 2.23. The fourth-order valence-corrected chi connectivity index (χ4v) is 2.91. The molecule has 0 saturated heterocycles. The molecule has 0 amide bonds. The second-order valence-electron chi connectivity index (χ2n) is 3.69. The van der Waals surface area contributed by atoms with Crippen molar-refractivity contribution in [2.24, 2.45) is 0 Å². The first-order valence-corrected chi connectivity index (χ1v) is 6.37. The van der Waals surface area contributed by atoms with Crippen molar-refractivity contribution in [2.45, 2.75) is 25.9 Å². The Labute approximate surface area is 97.5 Å². The van der Waals surface area contributed by atoms with Gasteiger partial charge in [0.05, 0.1) is 5.60 Å². The zero-order valence-electron chi connectivity index (χ0n) is 8.51. The Balaban J connectivity index is 2.49. The summed E-state index contributed by atoms with van der Waals surface area (Å²) in [6.45, 7) is 5.43. The molecule has 1 heterocycles. The average Bonchev–Trinajstić information content (AvgIpc) is 2.47. The molecule has 0 aliphatic carbocycles. The van der Waals surface area contributed by atoms with Crippen LogP contribution >= 0.6 is 27.3 Å². The van der Waals surface area contributed by atoms with Gasteiger partial charge in [0.25, 0.3) is 0 Å². The number of halogens is 1. The molecular weight excluding hydrogens is 262 g/mol. The lowest BCUT2D eigenvalue weighted by atomic mass is 10.0. The van der Waals surface area contributed by atoms with Crippen molar-refractivity contribution in [3.05, 3.63) is 20.8 Å². The lowest BCUT2D eigenvalue weighted by Gasteiger charge is -2.22. The first-order chi connectivity index (χ1) is 6.53. The lowest BCUT2D eigenvalue weighted by molar-refractivity contribution is 0.0615. The van der Waals surface area contributed by atoms with E-state index in [0.717, 1.165) is 11.0 Å². The second-order valence-corrected chi connectivity index (χ2v) is 5.60. The van der Waals surface area contributed by atoms with Crippen molar-refractivity contribution in [3.63, 3.8) is 0 Å². The number of rotatable bonds is 5. The minimum atomic E-state index is -0.652. The molecule has 1 aromatic heterocycles. The Bertz CT molecular complexity index is 285. The Morgan fingerprint density at radius 2 is 2.36 bits per heavy atom. The smallest absolute Gasteiger partial charge is 0.0791 e. The Kier molecular flexibility index (Phi) is 4.57. The van der Waals surface area contributed by atoms with Crippen LogP contribution in [-0.4, -0.2) is 23.8 Å². The van der Waals surface area contributed by atoms with Crippen LogP contribution in [0.4, 0.5) is 0 Å². The molecule has 0 saturated carbocycles. The van der Waals surface area contributed by atoms with E-state index in [0.29, 0.717) is 13.0 Å². The van der Waals surface area contributed by atoms with Gasteiger partial charge in [-0.1, -0.05) is 6.92 Å². The minimum absolute atomic E-state index is 0.638. The second kappa shape index (κ2) is 5.26. The van der Waals surface area contributed by atoms with Gasteiger partial charge in [-0.05, 0) is 35.5 Å². The molecule has 0 radical (unpaired) electrons. The van der Waals surface area contributed by atoms with Gasteiger partial charge >= 0.3 is 0 Å². The number of thiophene rings is 1. The maximum absolute atomic E-state index is 10.0. The average molecular weight is 278 g/mol. The number of nitrogens with one attached hydrogen (secondary N) is 1. The lowest BCUT2D eigenvalue weighted by Crippen LogP contribution is -2.39. The van der Waals surface area contributed by atoms with Crippen molar-refractivity contribution in [1.82, 2.24) is 5.32 Å². The summed E-state index contributed by atoms with van der Waals surface area (Å²) >= 11 is 5.08. The van der Waals surface area contributed by atoms with Crippen LogP contribution in [0.2, 0.25) is 0 Å². The van der Waals surface area contributed by atoms with Crippen LogP contribution in [0.25, 0.3) is 0 Å². The third-order valence-corrected chi connectivity index (χ3v) is 3.63. The van der Waals surface area contributed by atoms with Gasteiger partial charge in [-0.25, -0.2) is 0 Å². The SMILES string of the molecule is CCNCC(C)(O)Cc1cc(Br)cs1. The number of likely N-dealkylation sites (N-methyl/N-ethyl adjacent to an activating group) is 1. The van der Waals surface area contributed by atoms with Crippen LogP contribution in [0.1, 0.15) is 18.7 Å². The molecule has 0 bridgehead atoms. The first-order valence-electron chi connectivity index (χ1n) is 4.69. The highest BCUT2D eigenvalue weighted by Gasteiger charge is 2.20. The van der Waals surface area contributed by atoms with Crippen LogP contribution in [-0.2, 0) is 6.42 Å². The Morgan fingerprint density at radius 1 is 1.64 bits per heavy atom. The number of aliphatic hydroxyl groups is 1. The summed E-state index contributed by atoms with van der Waals surface area (Å²) in [5.74, 6) is 0.